The second-order valence-corrected chi connectivity index (χ2v) is 5.21. The minimum absolute atomic E-state index is 0.218. The molecule has 1 fully saturated rings. The van der Waals surface area contributed by atoms with Crippen molar-refractivity contribution in [2.75, 3.05) is 18.0 Å². The average Bonchev–Trinajstić information content (AvgIpc) is 2.97. The van der Waals surface area contributed by atoms with Crippen molar-refractivity contribution in [2.45, 2.75) is 12.5 Å². The molecule has 6 heteroatoms. The van der Waals surface area contributed by atoms with Crippen LogP contribution < -0.4 is 9.64 Å². The van der Waals surface area contributed by atoms with Gasteiger partial charge < -0.3 is 9.64 Å². The van der Waals surface area contributed by atoms with Crippen molar-refractivity contribution in [1.82, 2.24) is 4.98 Å². The summed E-state index contributed by atoms with van der Waals surface area (Å²) in [6, 6.07) is 7.65. The maximum Gasteiger partial charge on any atom is 0.177 e. The lowest BCUT2D eigenvalue weighted by molar-refractivity contribution is 0.214. The number of aromatic nitrogens is 1. The first-order chi connectivity index (χ1) is 10.1. The van der Waals surface area contributed by atoms with E-state index in [0.717, 1.165) is 24.5 Å². The van der Waals surface area contributed by atoms with Gasteiger partial charge in [-0.05, 0) is 24.3 Å². The molecule has 1 aliphatic rings. The molecular weight excluding hydrogens is 298 g/mol. The molecule has 3 rings (SSSR count). The van der Waals surface area contributed by atoms with E-state index >= 15 is 0 Å². The molecule has 0 amide bonds. The molecule has 0 unspecified atom stereocenters. The Balaban J connectivity index is 1.72. The maximum absolute atomic E-state index is 13.7. The third-order valence-corrected chi connectivity index (χ3v) is 3.76. The second-order valence-electron chi connectivity index (χ2n) is 4.83. The SMILES string of the molecule is Fc1ccc(F)c(O[C@@H]2CCN(c3ccccn3)C2)c1Cl. The smallest absolute Gasteiger partial charge is 0.177 e. The first kappa shape index (κ1) is 14.1. The van der Waals surface area contributed by atoms with Crippen LogP contribution in [0.15, 0.2) is 36.5 Å². The summed E-state index contributed by atoms with van der Waals surface area (Å²) in [4.78, 5) is 6.30. The van der Waals surface area contributed by atoms with Gasteiger partial charge in [0.2, 0.25) is 0 Å². The van der Waals surface area contributed by atoms with Crippen LogP contribution in [0.2, 0.25) is 5.02 Å². The zero-order valence-corrected chi connectivity index (χ0v) is 11.9. The van der Waals surface area contributed by atoms with Crippen LogP contribution >= 0.6 is 11.6 Å². The van der Waals surface area contributed by atoms with Gasteiger partial charge >= 0.3 is 0 Å². The van der Waals surface area contributed by atoms with Crippen LogP contribution in [0, 0.1) is 11.6 Å². The molecule has 0 bridgehead atoms. The highest BCUT2D eigenvalue weighted by Gasteiger charge is 2.27. The summed E-state index contributed by atoms with van der Waals surface area (Å²) < 4.78 is 32.6. The van der Waals surface area contributed by atoms with E-state index in [4.69, 9.17) is 16.3 Å². The number of rotatable bonds is 3. The molecule has 1 atom stereocenters. The molecule has 0 aliphatic carbocycles. The fraction of sp³-hybridized carbons (Fsp3) is 0.267. The molecule has 110 valence electrons. The van der Waals surface area contributed by atoms with Crippen LogP contribution in [-0.4, -0.2) is 24.2 Å². The Bertz CT molecular complexity index is 639. The highest BCUT2D eigenvalue weighted by atomic mass is 35.5. The molecule has 0 saturated carbocycles. The maximum atomic E-state index is 13.7. The fourth-order valence-electron chi connectivity index (χ4n) is 2.36. The number of nitrogens with zero attached hydrogens (tertiary/aromatic N) is 2. The largest absolute Gasteiger partial charge is 0.484 e. The van der Waals surface area contributed by atoms with Gasteiger partial charge in [-0.3, -0.25) is 0 Å². The van der Waals surface area contributed by atoms with Gasteiger partial charge in [-0.2, -0.15) is 0 Å². The first-order valence-electron chi connectivity index (χ1n) is 6.61. The first-order valence-corrected chi connectivity index (χ1v) is 6.99. The molecule has 1 aromatic heterocycles. The molecule has 2 heterocycles. The number of ether oxygens (including phenoxy) is 1. The molecule has 0 spiro atoms. The van der Waals surface area contributed by atoms with Crippen LogP contribution in [0.1, 0.15) is 6.42 Å². The summed E-state index contributed by atoms with van der Waals surface area (Å²) in [5.74, 6) is -0.718. The lowest BCUT2D eigenvalue weighted by Gasteiger charge is -2.18. The number of hydrogen-bond donors (Lipinski definition) is 0. The standard InChI is InChI=1S/C15H13ClF2N2O/c16-14-11(17)4-5-12(18)15(14)21-10-6-8-20(9-10)13-3-1-2-7-19-13/h1-5,7,10H,6,8-9H2/t10-/m1/s1. The van der Waals surface area contributed by atoms with Crippen molar-refractivity contribution in [3.63, 3.8) is 0 Å². The van der Waals surface area contributed by atoms with Crippen LogP contribution in [0.4, 0.5) is 14.6 Å². The van der Waals surface area contributed by atoms with Gasteiger partial charge in [0.15, 0.2) is 11.6 Å². The van der Waals surface area contributed by atoms with E-state index in [0.29, 0.717) is 13.0 Å². The molecular formula is C15H13ClF2N2O. The minimum atomic E-state index is -0.687. The molecule has 1 aliphatic heterocycles. The van der Waals surface area contributed by atoms with Crippen molar-refractivity contribution in [3.8, 4) is 5.75 Å². The van der Waals surface area contributed by atoms with Gasteiger partial charge in [-0.1, -0.05) is 17.7 Å². The summed E-state index contributed by atoms with van der Waals surface area (Å²) in [7, 11) is 0. The van der Waals surface area contributed by atoms with Crippen LogP contribution in [0.3, 0.4) is 0 Å². The molecule has 2 aromatic rings. The fourth-order valence-corrected chi connectivity index (χ4v) is 2.55. The Labute approximate surface area is 126 Å². The summed E-state index contributed by atoms with van der Waals surface area (Å²) in [5, 5.41) is -0.314. The molecule has 0 N–H and O–H groups in total. The van der Waals surface area contributed by atoms with Gasteiger partial charge in [-0.15, -0.1) is 0 Å². The summed E-state index contributed by atoms with van der Waals surface area (Å²) in [5.41, 5.74) is 0. The van der Waals surface area contributed by atoms with E-state index < -0.39 is 11.6 Å². The summed E-state index contributed by atoms with van der Waals surface area (Å²) >= 11 is 5.76. The van der Waals surface area contributed by atoms with Crippen molar-refractivity contribution in [3.05, 3.63) is 53.2 Å². The zero-order valence-electron chi connectivity index (χ0n) is 11.1. The van der Waals surface area contributed by atoms with E-state index in [1.165, 1.54) is 0 Å². The van der Waals surface area contributed by atoms with Gasteiger partial charge in [0.25, 0.3) is 0 Å². The van der Waals surface area contributed by atoms with Gasteiger partial charge in [0, 0.05) is 19.2 Å². The van der Waals surface area contributed by atoms with Crippen molar-refractivity contribution >= 4 is 17.4 Å². The minimum Gasteiger partial charge on any atom is -0.484 e. The zero-order chi connectivity index (χ0) is 14.8. The molecule has 3 nitrogen and oxygen atoms in total. The Hall–Kier alpha value is -1.88. The summed E-state index contributed by atoms with van der Waals surface area (Å²) in [6.07, 6.45) is 2.16. The van der Waals surface area contributed by atoms with E-state index in [-0.39, 0.29) is 16.9 Å². The average molecular weight is 311 g/mol. The topological polar surface area (TPSA) is 25.4 Å². The van der Waals surface area contributed by atoms with Gasteiger partial charge in [0.05, 0.1) is 6.54 Å². The lowest BCUT2D eigenvalue weighted by atomic mass is 10.3. The Kier molecular flexibility index (Phi) is 3.92. The number of hydrogen-bond acceptors (Lipinski definition) is 3. The second kappa shape index (κ2) is 5.85. The monoisotopic (exact) mass is 310 g/mol. The van der Waals surface area contributed by atoms with Crippen LogP contribution in [-0.2, 0) is 0 Å². The highest BCUT2D eigenvalue weighted by Crippen LogP contribution is 2.32. The molecule has 21 heavy (non-hydrogen) atoms. The lowest BCUT2D eigenvalue weighted by Crippen LogP contribution is -2.25. The van der Waals surface area contributed by atoms with E-state index in [9.17, 15) is 8.78 Å². The summed E-state index contributed by atoms with van der Waals surface area (Å²) in [6.45, 7) is 1.31. The number of pyridine rings is 1. The van der Waals surface area contributed by atoms with Crippen LogP contribution in [0.5, 0.6) is 5.75 Å². The molecule has 1 saturated heterocycles. The third-order valence-electron chi connectivity index (χ3n) is 3.40. The van der Waals surface area contributed by atoms with E-state index in [2.05, 4.69) is 4.98 Å². The van der Waals surface area contributed by atoms with Crippen molar-refractivity contribution < 1.29 is 13.5 Å². The van der Waals surface area contributed by atoms with E-state index in [1.807, 2.05) is 23.1 Å². The number of benzene rings is 1. The number of halogens is 3. The number of anilines is 1. The normalized spacial score (nSPS) is 18.0. The van der Waals surface area contributed by atoms with Gasteiger partial charge in [-0.25, -0.2) is 13.8 Å². The predicted octanol–water partition coefficient (Wildman–Crippen LogP) is 3.67. The predicted molar refractivity (Wildman–Crippen MR) is 76.9 cm³/mol. The van der Waals surface area contributed by atoms with Crippen LogP contribution in [0.25, 0.3) is 0 Å². The highest BCUT2D eigenvalue weighted by molar-refractivity contribution is 6.32. The molecule has 1 aromatic carbocycles. The van der Waals surface area contributed by atoms with E-state index in [1.54, 1.807) is 6.20 Å². The van der Waals surface area contributed by atoms with Gasteiger partial charge in [0.1, 0.15) is 22.8 Å². The Morgan fingerprint density at radius 3 is 2.76 bits per heavy atom. The quantitative estimate of drug-likeness (QED) is 0.809. The Morgan fingerprint density at radius 1 is 1.19 bits per heavy atom. The Morgan fingerprint density at radius 2 is 2.00 bits per heavy atom. The molecule has 0 radical (unpaired) electrons. The third kappa shape index (κ3) is 2.93. The van der Waals surface area contributed by atoms with Crippen molar-refractivity contribution in [2.24, 2.45) is 0 Å². The van der Waals surface area contributed by atoms with Crippen molar-refractivity contribution in [1.29, 1.82) is 0 Å².